The van der Waals surface area contributed by atoms with Crippen LogP contribution in [0.5, 0.6) is 11.5 Å². The number of hydrogen-bond donors (Lipinski definition) is 1. The number of halogens is 1. The largest absolute Gasteiger partial charge is 0.457 e. The molecule has 0 spiro atoms. The molecule has 1 aliphatic carbocycles. The summed E-state index contributed by atoms with van der Waals surface area (Å²) in [6.07, 6.45) is 5.74. The number of hydrogen-bond acceptors (Lipinski definition) is 3. The van der Waals surface area contributed by atoms with Gasteiger partial charge in [-0.15, -0.1) is 0 Å². The number of rotatable bonds is 6. The molecular formula is C29H30ClNO3. The van der Waals surface area contributed by atoms with Crippen LogP contribution < -0.4 is 10.1 Å². The molecule has 34 heavy (non-hydrogen) atoms. The summed E-state index contributed by atoms with van der Waals surface area (Å²) < 4.78 is 12.7. The maximum absolute atomic E-state index is 12.9. The van der Waals surface area contributed by atoms with Crippen molar-refractivity contribution >= 4 is 17.5 Å². The van der Waals surface area contributed by atoms with Crippen molar-refractivity contribution in [1.29, 1.82) is 0 Å². The van der Waals surface area contributed by atoms with Crippen molar-refractivity contribution in [3.63, 3.8) is 0 Å². The molecule has 176 valence electrons. The molecule has 1 N–H and O–H groups in total. The van der Waals surface area contributed by atoms with Gasteiger partial charge in [-0.2, -0.15) is 0 Å². The zero-order valence-electron chi connectivity index (χ0n) is 19.2. The summed E-state index contributed by atoms with van der Waals surface area (Å²) in [5, 5.41) is 4.03. The molecular weight excluding hydrogens is 446 g/mol. The van der Waals surface area contributed by atoms with Gasteiger partial charge in [0, 0.05) is 17.0 Å². The molecule has 1 heterocycles. The second-order valence-electron chi connectivity index (χ2n) is 9.31. The normalized spacial score (nSPS) is 24.1. The van der Waals surface area contributed by atoms with Crippen molar-refractivity contribution in [3.05, 3.63) is 95.0 Å². The van der Waals surface area contributed by atoms with E-state index in [2.05, 4.69) is 17.4 Å². The smallest absolute Gasteiger partial charge is 0.224 e. The van der Waals surface area contributed by atoms with Gasteiger partial charge in [-0.25, -0.2) is 0 Å². The Morgan fingerprint density at radius 2 is 1.71 bits per heavy atom. The van der Waals surface area contributed by atoms with Crippen LogP contribution in [0.25, 0.3) is 0 Å². The van der Waals surface area contributed by atoms with Crippen molar-refractivity contribution < 1.29 is 14.3 Å². The van der Waals surface area contributed by atoms with E-state index in [0.29, 0.717) is 17.4 Å². The Kier molecular flexibility index (Phi) is 7.17. The highest BCUT2D eigenvalue weighted by Gasteiger charge is 2.41. The molecule has 0 aromatic heterocycles. The summed E-state index contributed by atoms with van der Waals surface area (Å²) in [7, 11) is 0. The number of ether oxygens (including phenoxy) is 2. The fourth-order valence-electron chi connectivity index (χ4n) is 5.26. The molecule has 2 fully saturated rings. The molecule has 5 rings (SSSR count). The van der Waals surface area contributed by atoms with E-state index < -0.39 is 0 Å². The minimum atomic E-state index is -0.0699. The number of para-hydroxylation sites is 1. The van der Waals surface area contributed by atoms with Gasteiger partial charge in [-0.05, 0) is 66.8 Å². The molecule has 4 nitrogen and oxygen atoms in total. The molecule has 4 atom stereocenters. The molecule has 3 aromatic rings. The third-order valence-corrected chi connectivity index (χ3v) is 7.16. The molecule has 0 radical (unpaired) electrons. The van der Waals surface area contributed by atoms with E-state index >= 15 is 0 Å². The Bertz CT molecular complexity index is 1100. The Morgan fingerprint density at radius 3 is 2.53 bits per heavy atom. The maximum atomic E-state index is 12.9. The number of carbonyl (C=O) groups excluding carboxylic acids is 1. The van der Waals surface area contributed by atoms with Crippen molar-refractivity contribution in [2.45, 2.75) is 56.8 Å². The SMILES string of the molecule is O=C(Cc1ccc(Cl)cc1)N[C@H]1C[C@@H](c2cccc(Oc3ccccc3)c2)O[C@H]2CCCC[C@H]12. The molecule has 1 amide bonds. The standard InChI is InChI=1S/C29H30ClNO3/c30-22-15-13-20(14-16-22)17-29(32)31-26-19-28(34-27-12-5-4-11-25(26)27)21-7-6-10-24(18-21)33-23-8-2-1-3-9-23/h1-3,6-10,13-16,18,25-28H,4-5,11-12,17,19H2,(H,31,32)/t25-,26+,27+,28+/m1/s1. The fraction of sp³-hybridized carbons (Fsp3) is 0.345. The van der Waals surface area contributed by atoms with Crippen LogP contribution in [0.15, 0.2) is 78.9 Å². The molecule has 1 saturated carbocycles. The van der Waals surface area contributed by atoms with E-state index in [-0.39, 0.29) is 24.2 Å². The molecule has 0 bridgehead atoms. The zero-order chi connectivity index (χ0) is 23.3. The lowest BCUT2D eigenvalue weighted by molar-refractivity contribution is -0.132. The quantitative estimate of drug-likeness (QED) is 0.422. The molecule has 1 saturated heterocycles. The topological polar surface area (TPSA) is 47.6 Å². The lowest BCUT2D eigenvalue weighted by Crippen LogP contribution is -2.51. The maximum Gasteiger partial charge on any atom is 0.224 e. The van der Waals surface area contributed by atoms with Gasteiger partial charge in [0.05, 0.1) is 18.6 Å². The highest BCUT2D eigenvalue weighted by molar-refractivity contribution is 6.30. The summed E-state index contributed by atoms with van der Waals surface area (Å²) >= 11 is 5.99. The van der Waals surface area contributed by atoms with E-state index in [4.69, 9.17) is 21.1 Å². The minimum Gasteiger partial charge on any atom is -0.457 e. The summed E-state index contributed by atoms with van der Waals surface area (Å²) in [6.45, 7) is 0. The first-order chi connectivity index (χ1) is 16.6. The zero-order valence-corrected chi connectivity index (χ0v) is 19.9. The number of nitrogens with one attached hydrogen (secondary N) is 1. The third-order valence-electron chi connectivity index (χ3n) is 6.91. The van der Waals surface area contributed by atoms with Gasteiger partial charge < -0.3 is 14.8 Å². The van der Waals surface area contributed by atoms with Crippen molar-refractivity contribution in [2.24, 2.45) is 5.92 Å². The average molecular weight is 476 g/mol. The van der Waals surface area contributed by atoms with Crippen LogP contribution >= 0.6 is 11.6 Å². The summed E-state index contributed by atoms with van der Waals surface area (Å²) in [5.74, 6) is 2.02. The first kappa shape index (κ1) is 22.9. The summed E-state index contributed by atoms with van der Waals surface area (Å²) in [5.41, 5.74) is 2.06. The lowest BCUT2D eigenvalue weighted by Gasteiger charge is -2.45. The van der Waals surface area contributed by atoms with Crippen molar-refractivity contribution in [1.82, 2.24) is 5.32 Å². The minimum absolute atomic E-state index is 0.0541. The van der Waals surface area contributed by atoms with Crippen LogP contribution in [0, 0.1) is 5.92 Å². The van der Waals surface area contributed by atoms with Crippen molar-refractivity contribution in [3.8, 4) is 11.5 Å². The van der Waals surface area contributed by atoms with Gasteiger partial charge in [-0.1, -0.05) is 66.9 Å². The van der Waals surface area contributed by atoms with E-state index in [1.165, 1.54) is 12.8 Å². The van der Waals surface area contributed by atoms with Gasteiger partial charge in [0.2, 0.25) is 5.91 Å². The molecule has 3 aromatic carbocycles. The predicted molar refractivity (Wildman–Crippen MR) is 134 cm³/mol. The number of amides is 1. The second kappa shape index (κ2) is 10.6. The fourth-order valence-corrected chi connectivity index (χ4v) is 5.38. The molecule has 1 aliphatic heterocycles. The van der Waals surface area contributed by atoms with Gasteiger partial charge in [-0.3, -0.25) is 4.79 Å². The van der Waals surface area contributed by atoms with E-state index in [9.17, 15) is 4.79 Å². The Labute approximate surface area is 206 Å². The lowest BCUT2D eigenvalue weighted by atomic mass is 9.76. The van der Waals surface area contributed by atoms with Crippen molar-refractivity contribution in [2.75, 3.05) is 0 Å². The van der Waals surface area contributed by atoms with Gasteiger partial charge in [0.15, 0.2) is 0 Å². The monoisotopic (exact) mass is 475 g/mol. The van der Waals surface area contributed by atoms with E-state index in [0.717, 1.165) is 41.9 Å². The summed E-state index contributed by atoms with van der Waals surface area (Å²) in [6, 6.07) is 25.5. The highest BCUT2D eigenvalue weighted by atomic mass is 35.5. The van der Waals surface area contributed by atoms with E-state index in [1.807, 2.05) is 66.7 Å². The van der Waals surface area contributed by atoms with Crippen LogP contribution in [0.4, 0.5) is 0 Å². The molecule has 5 heteroatoms. The third kappa shape index (κ3) is 5.63. The number of fused-ring (bicyclic) bond motifs is 1. The Hall–Kier alpha value is -2.82. The van der Waals surface area contributed by atoms with Gasteiger partial charge >= 0.3 is 0 Å². The first-order valence-corrected chi connectivity index (χ1v) is 12.5. The van der Waals surface area contributed by atoms with E-state index in [1.54, 1.807) is 0 Å². The van der Waals surface area contributed by atoms with Crippen LogP contribution in [-0.2, 0) is 16.0 Å². The predicted octanol–water partition coefficient (Wildman–Crippen LogP) is 6.88. The Balaban J connectivity index is 1.30. The van der Waals surface area contributed by atoms with Crippen LogP contribution in [0.1, 0.15) is 49.3 Å². The molecule has 0 unspecified atom stereocenters. The van der Waals surface area contributed by atoms with Crippen LogP contribution in [0.3, 0.4) is 0 Å². The highest BCUT2D eigenvalue weighted by Crippen LogP contribution is 2.42. The molecule has 2 aliphatic rings. The number of carbonyl (C=O) groups is 1. The Morgan fingerprint density at radius 1 is 0.941 bits per heavy atom. The summed E-state index contributed by atoms with van der Waals surface area (Å²) in [4.78, 5) is 12.9. The van der Waals surface area contributed by atoms with Crippen LogP contribution in [-0.4, -0.2) is 18.1 Å². The first-order valence-electron chi connectivity index (χ1n) is 12.2. The number of benzene rings is 3. The average Bonchev–Trinajstić information content (AvgIpc) is 2.86. The van der Waals surface area contributed by atoms with Crippen LogP contribution in [0.2, 0.25) is 5.02 Å². The van der Waals surface area contributed by atoms with Gasteiger partial charge in [0.1, 0.15) is 11.5 Å². The second-order valence-corrected chi connectivity index (χ2v) is 9.75. The van der Waals surface area contributed by atoms with Gasteiger partial charge in [0.25, 0.3) is 0 Å².